The van der Waals surface area contributed by atoms with E-state index in [0.717, 1.165) is 189 Å². The molecule has 0 saturated carbocycles. The maximum Gasteiger partial charge on any atom is 0.450 e. The average Bonchev–Trinajstić information content (AvgIpc) is 1.32. The number of hydrogen-bond donors (Lipinski definition) is 2. The van der Waals surface area contributed by atoms with E-state index in [2.05, 4.69) is 116 Å². The van der Waals surface area contributed by atoms with Crippen LogP contribution in [0.3, 0.4) is 0 Å². The fraction of sp³-hybridized carbons (Fsp3) is 0.353. The summed E-state index contributed by atoms with van der Waals surface area (Å²) >= 11 is 23.9. The molecule has 0 spiro atoms. The van der Waals surface area contributed by atoms with Gasteiger partial charge in [-0.2, -0.15) is 48.1 Å². The molecule has 0 bridgehead atoms. The molecule has 1 saturated heterocycles. The van der Waals surface area contributed by atoms with E-state index in [1.54, 1.807) is 97.5 Å². The Bertz CT molecular complexity index is 5060. The molecule has 590 valence electrons. The predicted molar refractivity (Wildman–Crippen MR) is 441 cm³/mol. The van der Waals surface area contributed by atoms with Crippen molar-refractivity contribution in [2.75, 3.05) is 111 Å². The molecular formula is C85H99BCl5N4O16+3. The summed E-state index contributed by atoms with van der Waals surface area (Å²) < 4.78 is 84.0. The van der Waals surface area contributed by atoms with E-state index in [1.165, 1.54) is 39.1 Å². The summed E-state index contributed by atoms with van der Waals surface area (Å²) in [6.45, 7) is 4.95. The number of pyridine rings is 3. The smallest absolute Gasteiger partial charge is 0.450 e. The summed E-state index contributed by atoms with van der Waals surface area (Å²) in [5.41, 5.74) is 13.0. The maximum absolute atomic E-state index is 9.87. The van der Waals surface area contributed by atoms with Crippen LogP contribution < -0.4 is 70.5 Å². The lowest BCUT2D eigenvalue weighted by Gasteiger charge is -2.47. The van der Waals surface area contributed by atoms with Gasteiger partial charge in [-0.25, -0.2) is 0 Å². The lowest BCUT2D eigenvalue weighted by molar-refractivity contribution is -0.686. The Kier molecular flexibility index (Phi) is 29.4. The number of fused-ring (bicyclic) bond motifs is 17. The second-order valence-corrected chi connectivity index (χ2v) is 28.7. The molecule has 26 heteroatoms. The highest BCUT2D eigenvalue weighted by Crippen LogP contribution is 2.50. The van der Waals surface area contributed by atoms with Gasteiger partial charge in [0.15, 0.2) is 124 Å². The maximum atomic E-state index is 9.87. The van der Waals surface area contributed by atoms with Crippen molar-refractivity contribution in [1.82, 2.24) is 4.90 Å². The lowest BCUT2D eigenvalue weighted by atomic mass is 9.74. The van der Waals surface area contributed by atoms with Gasteiger partial charge in [-0.1, -0.05) is 28.4 Å². The van der Waals surface area contributed by atoms with E-state index in [4.69, 9.17) is 124 Å². The third-order valence-electron chi connectivity index (χ3n) is 20.7. The topological polar surface area (TPSA) is 185 Å². The second-order valence-electron chi connectivity index (χ2n) is 26.0. The molecule has 10 aromatic rings. The van der Waals surface area contributed by atoms with Crippen LogP contribution in [0.1, 0.15) is 62.6 Å². The van der Waals surface area contributed by atoms with Gasteiger partial charge < -0.3 is 76.5 Å². The van der Waals surface area contributed by atoms with Gasteiger partial charge in [0.2, 0.25) is 23.9 Å². The van der Waals surface area contributed by atoms with Crippen LogP contribution in [-0.4, -0.2) is 131 Å². The highest BCUT2D eigenvalue weighted by atomic mass is 35.6. The summed E-state index contributed by atoms with van der Waals surface area (Å²) in [4.78, 5) is 1.83. The fourth-order valence-electron chi connectivity index (χ4n) is 15.6. The lowest BCUT2D eigenvalue weighted by Crippen LogP contribution is -2.47. The number of hydrogen-bond acceptors (Lipinski definition) is 17. The van der Waals surface area contributed by atoms with E-state index in [-0.39, 0.29) is 39.1 Å². The van der Waals surface area contributed by atoms with E-state index >= 15 is 0 Å². The first-order valence-electron chi connectivity index (χ1n) is 35.0. The Hall–Kier alpha value is -9.48. The number of alkyl halides is 2. The molecule has 20 nitrogen and oxygen atoms in total. The van der Waals surface area contributed by atoms with Crippen molar-refractivity contribution in [1.29, 1.82) is 0 Å². The minimum Gasteiger partial charge on any atom is -0.504 e. The van der Waals surface area contributed by atoms with Gasteiger partial charge in [0.05, 0.1) is 124 Å². The number of methoxy groups -OCH3 is 12. The molecule has 2 unspecified atom stereocenters. The number of aryl methyl sites for hydroxylation is 6. The number of piperidine rings is 1. The number of allylic oxidation sites excluding steroid dienone is 2. The van der Waals surface area contributed by atoms with Crippen molar-refractivity contribution in [2.45, 2.75) is 80.1 Å². The number of aromatic nitrogens is 3. The minimum atomic E-state index is -0.750. The number of nitrogens with zero attached hydrogens (tertiary/aromatic N) is 4. The Morgan fingerprint density at radius 3 is 1.29 bits per heavy atom. The SMILES string of the molecule is C.C.C.COC1=C(OC)C2CN3CCc4cc(OC)c(OC)cc4[C@H]3CC2C=C1.COc1cc2c(cc1OC)-c1cc3ccc(OC)c(OC)c3c[n+]1CC2.COc1ccc2cc3[n+](cc2c1OC)CCc1cc(O)c(O)cc1-3.COc1ccc2cc3[n+](cc2c1OC)CCc1cc2c(cc1-3)OCO2.ClB(Cl)Cl.ClCCl. The van der Waals surface area contributed by atoms with Crippen molar-refractivity contribution in [3.05, 3.63) is 173 Å². The quantitative estimate of drug-likeness (QED) is 0.0509. The van der Waals surface area contributed by atoms with Crippen LogP contribution in [0.15, 0.2) is 145 Å². The summed E-state index contributed by atoms with van der Waals surface area (Å²) in [5, 5.41) is 26.1. The molecule has 9 heterocycles. The summed E-state index contributed by atoms with van der Waals surface area (Å²) in [6.07, 6.45) is 15.5. The van der Waals surface area contributed by atoms with Crippen LogP contribution in [0.2, 0.25) is 0 Å². The van der Waals surface area contributed by atoms with Crippen molar-refractivity contribution in [3.8, 4) is 114 Å². The highest BCUT2D eigenvalue weighted by molar-refractivity contribution is 7.54. The van der Waals surface area contributed by atoms with E-state index in [9.17, 15) is 10.2 Å². The van der Waals surface area contributed by atoms with Gasteiger partial charge in [0.1, 0.15) is 5.76 Å². The zero-order valence-corrected chi connectivity index (χ0v) is 66.1. The Morgan fingerprint density at radius 2 is 0.847 bits per heavy atom. The Morgan fingerprint density at radius 1 is 0.450 bits per heavy atom. The van der Waals surface area contributed by atoms with Crippen LogP contribution in [-0.2, 0) is 54.8 Å². The first-order valence-corrected chi connectivity index (χ1v) is 37.3. The summed E-state index contributed by atoms with van der Waals surface area (Å²) in [5.74, 6) is 11.7. The molecule has 2 N–H and O–H groups in total. The number of phenols is 2. The first-order chi connectivity index (χ1) is 52.4. The third kappa shape index (κ3) is 17.4. The van der Waals surface area contributed by atoms with Gasteiger partial charge in [0.25, 0.3) is 0 Å². The Labute approximate surface area is 675 Å². The van der Waals surface area contributed by atoms with Crippen molar-refractivity contribution in [2.24, 2.45) is 11.8 Å². The van der Waals surface area contributed by atoms with Crippen LogP contribution >= 0.6 is 57.6 Å². The minimum absolute atomic E-state index is 0. The summed E-state index contributed by atoms with van der Waals surface area (Å²) in [7, 11) is 20.1. The average molecular weight is 1620 g/mol. The monoisotopic (exact) mass is 1620 g/mol. The molecule has 7 aliphatic rings. The van der Waals surface area contributed by atoms with Gasteiger partial charge >= 0.3 is 4.96 Å². The number of benzene rings is 7. The zero-order chi connectivity index (χ0) is 76.6. The first kappa shape index (κ1) is 85.5. The molecule has 3 aromatic heterocycles. The largest absolute Gasteiger partial charge is 0.504 e. The molecule has 7 aromatic carbocycles. The molecular weight excluding hydrogens is 1520 g/mol. The zero-order valence-electron chi connectivity index (χ0n) is 62.3. The highest BCUT2D eigenvalue weighted by Gasteiger charge is 2.43. The molecule has 1 aliphatic carbocycles. The third-order valence-corrected chi connectivity index (χ3v) is 20.7. The fourth-order valence-corrected chi connectivity index (χ4v) is 15.6. The number of phenolic OH excluding ortho intramolecular Hbond substituents is 2. The number of ether oxygens (including phenoxy) is 14. The van der Waals surface area contributed by atoms with E-state index in [0.29, 0.717) is 36.2 Å². The molecule has 1 fully saturated rings. The molecule has 6 aliphatic heterocycles. The Balaban J connectivity index is 0.000000164. The normalized spacial score (nSPS) is 15.6. The van der Waals surface area contributed by atoms with Gasteiger partial charge in [-0.3, -0.25) is 4.90 Å². The molecule has 111 heavy (non-hydrogen) atoms. The van der Waals surface area contributed by atoms with Crippen molar-refractivity contribution in [3.63, 3.8) is 0 Å². The van der Waals surface area contributed by atoms with Crippen LogP contribution in [0, 0.1) is 11.8 Å². The van der Waals surface area contributed by atoms with Crippen LogP contribution in [0.4, 0.5) is 0 Å². The summed E-state index contributed by atoms with van der Waals surface area (Å²) in [6, 6.07) is 34.7. The second kappa shape index (κ2) is 38.2. The number of rotatable bonds is 12. The van der Waals surface area contributed by atoms with Gasteiger partial charge in [-0.05, 0) is 154 Å². The molecule has 3 atom stereocenters. The van der Waals surface area contributed by atoms with Gasteiger partial charge in [-0.15, -0.1) is 23.2 Å². The number of halogens is 5. The van der Waals surface area contributed by atoms with Crippen LogP contribution in [0.5, 0.6) is 80.5 Å². The molecule has 0 amide bonds. The van der Waals surface area contributed by atoms with Gasteiger partial charge in [0, 0.05) is 62.5 Å². The van der Waals surface area contributed by atoms with Crippen LogP contribution in [0.25, 0.3) is 66.1 Å². The number of aromatic hydroxyl groups is 2. The molecule has 0 radical (unpaired) electrons. The predicted octanol–water partition coefficient (Wildman–Crippen LogP) is 17.6. The molecule has 17 rings (SSSR count). The van der Waals surface area contributed by atoms with Crippen molar-refractivity contribution < 1.29 is 90.2 Å². The van der Waals surface area contributed by atoms with E-state index < -0.39 is 4.96 Å². The van der Waals surface area contributed by atoms with Crippen molar-refractivity contribution >= 4 is 94.9 Å². The van der Waals surface area contributed by atoms with E-state index in [1.807, 2.05) is 24.3 Å². The standard InChI is InChI=1S/C21H27NO4.C21H22NO4.C20H18NO4.C19H17NO4.CH2Cl2.3CH4.BCl3/c2*1-23-18-6-5-13-9-17-15-11-20(25-3)19(24-2)10-14(15)7-8-22(17)12-16(13)21(18)26-4;1-22-17-4-3-12-7-16-14-9-19-18(24-11-25-19)8-13(14)5-6-21(16)10-15(12)20(17)23-2;1-23-18-4-3-11-7-15-13-9-17(22)16(21)8-12(13)5-6-20(15)10-14(11)19(18)24-2;2-1-3;;;;2-1(3)4/h5-6,10-11,13,16-17H,7-9,12H2,1-4H3;5-6,9-12H,7-8H2,1-4H3;3-4,7-10H,5-6,11H2,1-2H3;3-4,7-10,22H,5-6H2,1-2H3;1H2;3*1H4;/q;2*+1;;;;;;/p+1/t13?,16?,17-;;;;;;;;/m1......../s1.